The third kappa shape index (κ3) is 5.48. The zero-order valence-corrected chi connectivity index (χ0v) is 13.9. The van der Waals surface area contributed by atoms with Gasteiger partial charge in [-0.2, -0.15) is 0 Å². The van der Waals surface area contributed by atoms with Gasteiger partial charge in [0.1, 0.15) is 0 Å². The van der Waals surface area contributed by atoms with Crippen LogP contribution < -0.4 is 0 Å². The van der Waals surface area contributed by atoms with E-state index in [0.717, 1.165) is 17.7 Å². The van der Waals surface area contributed by atoms with Crippen LogP contribution in [0.2, 0.25) is 0 Å². The molecular weight excluding hydrogens is 266 g/mol. The summed E-state index contributed by atoms with van der Waals surface area (Å²) in [6, 6.07) is 17.3. The minimum Gasteiger partial charge on any atom is -0.256 e. The van der Waals surface area contributed by atoms with Crippen LogP contribution in [0.25, 0.3) is 0 Å². The molecule has 0 fully saturated rings. The molecule has 2 rings (SSSR count). The molecule has 0 saturated heterocycles. The van der Waals surface area contributed by atoms with E-state index in [9.17, 15) is 0 Å². The van der Waals surface area contributed by atoms with Crippen molar-refractivity contribution in [3.05, 3.63) is 65.2 Å². The Bertz CT molecular complexity index is 564. The first-order chi connectivity index (χ1) is 10.8. The SMILES string of the molecule is CCCCCc1ccc(N=Cc2ccc(CCC)cc2)cc1. The van der Waals surface area contributed by atoms with Gasteiger partial charge in [0.2, 0.25) is 0 Å². The molecular formula is C21H27N. The van der Waals surface area contributed by atoms with E-state index in [1.165, 1.54) is 43.2 Å². The number of hydrogen-bond acceptors (Lipinski definition) is 1. The van der Waals surface area contributed by atoms with E-state index in [0.29, 0.717) is 0 Å². The molecule has 2 aromatic carbocycles. The second-order valence-corrected chi connectivity index (χ2v) is 5.87. The molecule has 0 saturated carbocycles. The molecule has 1 nitrogen and oxygen atoms in total. The molecule has 0 N–H and O–H groups in total. The van der Waals surface area contributed by atoms with Gasteiger partial charge in [0.05, 0.1) is 5.69 Å². The van der Waals surface area contributed by atoms with E-state index in [-0.39, 0.29) is 0 Å². The lowest BCUT2D eigenvalue weighted by Crippen LogP contribution is -1.86. The number of benzene rings is 2. The normalized spacial score (nSPS) is 11.2. The maximum Gasteiger partial charge on any atom is 0.0630 e. The van der Waals surface area contributed by atoms with Crippen LogP contribution >= 0.6 is 0 Å². The molecule has 22 heavy (non-hydrogen) atoms. The first kappa shape index (κ1) is 16.5. The summed E-state index contributed by atoms with van der Waals surface area (Å²) in [4.78, 5) is 4.56. The highest BCUT2D eigenvalue weighted by Crippen LogP contribution is 2.15. The van der Waals surface area contributed by atoms with Crippen molar-refractivity contribution < 1.29 is 0 Å². The lowest BCUT2D eigenvalue weighted by atomic mass is 10.1. The summed E-state index contributed by atoms with van der Waals surface area (Å²) >= 11 is 0. The molecule has 0 aromatic heterocycles. The standard InChI is InChI=1S/C21H27N/c1-3-5-6-8-19-13-15-21(16-14-19)22-17-20-11-9-18(7-4-2)10-12-20/h9-17H,3-8H2,1-2H3. The topological polar surface area (TPSA) is 12.4 Å². The Hall–Kier alpha value is -1.89. The molecule has 0 heterocycles. The lowest BCUT2D eigenvalue weighted by Gasteiger charge is -2.01. The Labute approximate surface area is 135 Å². The molecule has 0 spiro atoms. The van der Waals surface area contributed by atoms with Gasteiger partial charge >= 0.3 is 0 Å². The first-order valence-corrected chi connectivity index (χ1v) is 8.53. The fourth-order valence-electron chi connectivity index (χ4n) is 2.54. The largest absolute Gasteiger partial charge is 0.256 e. The zero-order valence-electron chi connectivity index (χ0n) is 13.9. The van der Waals surface area contributed by atoms with E-state index in [1.807, 2.05) is 6.21 Å². The molecule has 0 bridgehead atoms. The Morgan fingerprint density at radius 2 is 1.36 bits per heavy atom. The minimum atomic E-state index is 1.02. The van der Waals surface area contributed by atoms with Gasteiger partial charge in [0.15, 0.2) is 0 Å². The van der Waals surface area contributed by atoms with Crippen molar-refractivity contribution in [2.75, 3.05) is 0 Å². The molecule has 0 atom stereocenters. The number of unbranched alkanes of at least 4 members (excludes halogenated alkanes) is 2. The predicted octanol–water partition coefficient (Wildman–Crippen LogP) is 6.12. The van der Waals surface area contributed by atoms with Crippen LogP contribution in [0.5, 0.6) is 0 Å². The van der Waals surface area contributed by atoms with Crippen LogP contribution in [0.1, 0.15) is 56.2 Å². The Balaban J connectivity index is 1.92. The third-order valence-corrected chi connectivity index (χ3v) is 3.89. The molecule has 1 heteroatoms. The summed E-state index contributed by atoms with van der Waals surface area (Å²) < 4.78 is 0. The van der Waals surface area contributed by atoms with Gasteiger partial charge in [-0.1, -0.05) is 69.5 Å². The van der Waals surface area contributed by atoms with E-state index < -0.39 is 0 Å². The van der Waals surface area contributed by atoms with Crippen molar-refractivity contribution in [2.45, 2.75) is 52.4 Å². The van der Waals surface area contributed by atoms with Crippen molar-refractivity contribution in [1.29, 1.82) is 0 Å². The fraction of sp³-hybridized carbons (Fsp3) is 0.381. The van der Waals surface area contributed by atoms with Crippen molar-refractivity contribution in [3.63, 3.8) is 0 Å². The maximum absolute atomic E-state index is 4.56. The average Bonchev–Trinajstić information content (AvgIpc) is 2.56. The molecule has 0 radical (unpaired) electrons. The summed E-state index contributed by atoms with van der Waals surface area (Å²) in [6.07, 6.45) is 9.34. The second-order valence-electron chi connectivity index (χ2n) is 5.87. The number of aliphatic imine (C=N–C) groups is 1. The molecule has 0 aliphatic carbocycles. The zero-order chi connectivity index (χ0) is 15.6. The first-order valence-electron chi connectivity index (χ1n) is 8.53. The highest BCUT2D eigenvalue weighted by Gasteiger charge is 1.95. The highest BCUT2D eigenvalue weighted by atomic mass is 14.7. The minimum absolute atomic E-state index is 1.02. The second kappa shape index (κ2) is 9.19. The molecule has 2 aromatic rings. The lowest BCUT2D eigenvalue weighted by molar-refractivity contribution is 0.717. The van der Waals surface area contributed by atoms with Gasteiger partial charge in [-0.3, -0.25) is 4.99 Å². The van der Waals surface area contributed by atoms with Crippen LogP contribution in [-0.4, -0.2) is 6.21 Å². The monoisotopic (exact) mass is 293 g/mol. The molecule has 116 valence electrons. The van der Waals surface area contributed by atoms with Gasteiger partial charge in [-0.15, -0.1) is 0 Å². The Morgan fingerprint density at radius 3 is 2.00 bits per heavy atom. The number of aryl methyl sites for hydroxylation is 2. The fourth-order valence-corrected chi connectivity index (χ4v) is 2.54. The Kier molecular flexibility index (Phi) is 6.89. The van der Waals surface area contributed by atoms with Gasteiger partial charge in [-0.25, -0.2) is 0 Å². The van der Waals surface area contributed by atoms with Crippen LogP contribution in [0.15, 0.2) is 53.5 Å². The average molecular weight is 293 g/mol. The molecule has 0 unspecified atom stereocenters. The van der Waals surface area contributed by atoms with Crippen LogP contribution in [0, 0.1) is 0 Å². The predicted molar refractivity (Wildman–Crippen MR) is 97.4 cm³/mol. The summed E-state index contributed by atoms with van der Waals surface area (Å²) in [5, 5.41) is 0. The number of nitrogens with zero attached hydrogens (tertiary/aromatic N) is 1. The maximum atomic E-state index is 4.56. The van der Waals surface area contributed by atoms with Crippen molar-refractivity contribution in [2.24, 2.45) is 4.99 Å². The van der Waals surface area contributed by atoms with Gasteiger partial charge in [0, 0.05) is 6.21 Å². The van der Waals surface area contributed by atoms with E-state index >= 15 is 0 Å². The van der Waals surface area contributed by atoms with E-state index in [4.69, 9.17) is 0 Å². The van der Waals surface area contributed by atoms with Crippen molar-refractivity contribution in [3.8, 4) is 0 Å². The van der Waals surface area contributed by atoms with Gasteiger partial charge in [-0.05, 0) is 48.1 Å². The van der Waals surface area contributed by atoms with Crippen molar-refractivity contribution in [1.82, 2.24) is 0 Å². The quantitative estimate of drug-likeness (QED) is 0.410. The Morgan fingerprint density at radius 1 is 0.727 bits per heavy atom. The highest BCUT2D eigenvalue weighted by molar-refractivity contribution is 5.81. The van der Waals surface area contributed by atoms with Gasteiger partial charge < -0.3 is 0 Å². The summed E-state index contributed by atoms with van der Waals surface area (Å²) in [6.45, 7) is 4.45. The molecule has 0 aliphatic heterocycles. The molecule has 0 amide bonds. The number of hydrogen-bond donors (Lipinski definition) is 0. The van der Waals surface area contributed by atoms with E-state index in [1.54, 1.807) is 0 Å². The van der Waals surface area contributed by atoms with Gasteiger partial charge in [0.25, 0.3) is 0 Å². The summed E-state index contributed by atoms with van der Waals surface area (Å²) in [5.74, 6) is 0. The number of rotatable bonds is 8. The van der Waals surface area contributed by atoms with Crippen LogP contribution in [-0.2, 0) is 12.8 Å². The summed E-state index contributed by atoms with van der Waals surface area (Å²) in [5.41, 5.74) is 5.00. The third-order valence-electron chi connectivity index (χ3n) is 3.89. The molecule has 0 aliphatic rings. The van der Waals surface area contributed by atoms with Crippen LogP contribution in [0.4, 0.5) is 5.69 Å². The smallest absolute Gasteiger partial charge is 0.0630 e. The van der Waals surface area contributed by atoms with Crippen molar-refractivity contribution >= 4 is 11.9 Å². The van der Waals surface area contributed by atoms with Crippen LogP contribution in [0.3, 0.4) is 0 Å². The van der Waals surface area contributed by atoms with E-state index in [2.05, 4.69) is 67.4 Å². The summed E-state index contributed by atoms with van der Waals surface area (Å²) in [7, 11) is 0.